The van der Waals surface area contributed by atoms with Crippen LogP contribution >= 0.6 is 0 Å². The van der Waals surface area contributed by atoms with Gasteiger partial charge in [-0.15, -0.1) is 0 Å². The molecule has 4 heteroatoms. The van der Waals surface area contributed by atoms with Crippen molar-refractivity contribution >= 4 is 5.97 Å². The van der Waals surface area contributed by atoms with Gasteiger partial charge in [0.25, 0.3) is 0 Å². The monoisotopic (exact) mass is 491 g/mol. The van der Waals surface area contributed by atoms with Gasteiger partial charge in [-0.05, 0) is 52.3 Å². The smallest absolute Gasteiger partial charge is 0.310 e. The van der Waals surface area contributed by atoms with Crippen molar-refractivity contribution in [1.82, 2.24) is 4.90 Å². The van der Waals surface area contributed by atoms with Gasteiger partial charge in [0.05, 0.1) is 20.6 Å². The Kier molecular flexibility index (Phi) is 7.67. The van der Waals surface area contributed by atoms with Crippen LogP contribution in [0.25, 0.3) is 11.1 Å². The summed E-state index contributed by atoms with van der Waals surface area (Å²) < 4.78 is 10.7. The van der Waals surface area contributed by atoms with E-state index in [0.717, 1.165) is 37.2 Å². The summed E-state index contributed by atoms with van der Waals surface area (Å²) in [4.78, 5) is 14.6. The minimum absolute atomic E-state index is 0.176. The Morgan fingerprint density at radius 1 is 0.865 bits per heavy atom. The minimum Gasteiger partial charge on any atom is -0.496 e. The third kappa shape index (κ3) is 5.60. The highest BCUT2D eigenvalue weighted by Crippen LogP contribution is 2.39. The maximum atomic E-state index is 12.1. The second-order valence-corrected chi connectivity index (χ2v) is 9.56. The molecule has 0 fully saturated rings. The van der Waals surface area contributed by atoms with Gasteiger partial charge in [-0.25, -0.2) is 0 Å². The van der Waals surface area contributed by atoms with E-state index in [2.05, 4.69) is 102 Å². The molecule has 4 nitrogen and oxygen atoms in total. The van der Waals surface area contributed by atoms with E-state index in [-0.39, 0.29) is 18.4 Å². The normalized spacial score (nSPS) is 15.1. The summed E-state index contributed by atoms with van der Waals surface area (Å²) in [5.74, 6) is 0.486. The van der Waals surface area contributed by atoms with E-state index in [0.29, 0.717) is 0 Å². The molecular formula is C33H33NO3. The Bertz CT molecular complexity index is 1350. The lowest BCUT2D eigenvalue weighted by atomic mass is 9.85. The Morgan fingerprint density at radius 3 is 2.30 bits per heavy atom. The lowest BCUT2D eigenvalue weighted by Gasteiger charge is -2.38. The maximum Gasteiger partial charge on any atom is 0.310 e. The molecule has 0 saturated carbocycles. The van der Waals surface area contributed by atoms with Crippen molar-refractivity contribution in [1.29, 1.82) is 0 Å². The molecule has 188 valence electrons. The molecule has 1 aliphatic rings. The molecule has 0 spiro atoms. The Labute approximate surface area is 219 Å². The van der Waals surface area contributed by atoms with Gasteiger partial charge in [0.1, 0.15) is 5.75 Å². The highest BCUT2D eigenvalue weighted by atomic mass is 16.5. The van der Waals surface area contributed by atoms with Crippen molar-refractivity contribution in [2.45, 2.75) is 31.8 Å². The molecule has 5 rings (SSSR count). The molecule has 1 aliphatic heterocycles. The number of hydrogen-bond donors (Lipinski definition) is 0. The summed E-state index contributed by atoms with van der Waals surface area (Å²) in [5, 5.41) is 0. The molecule has 1 unspecified atom stereocenters. The van der Waals surface area contributed by atoms with E-state index >= 15 is 0 Å². The van der Waals surface area contributed by atoms with Gasteiger partial charge in [0, 0.05) is 24.7 Å². The van der Waals surface area contributed by atoms with Crippen molar-refractivity contribution in [3.05, 3.63) is 125 Å². The van der Waals surface area contributed by atoms with Crippen LogP contribution in [-0.4, -0.2) is 31.6 Å². The zero-order valence-electron chi connectivity index (χ0n) is 21.5. The third-order valence-corrected chi connectivity index (χ3v) is 7.32. The van der Waals surface area contributed by atoms with E-state index in [9.17, 15) is 4.79 Å². The zero-order chi connectivity index (χ0) is 25.6. The molecule has 0 amide bonds. The molecule has 0 saturated heterocycles. The average molecular weight is 492 g/mol. The summed E-state index contributed by atoms with van der Waals surface area (Å²) in [7, 11) is 3.10. The first-order chi connectivity index (χ1) is 18.2. The van der Waals surface area contributed by atoms with Crippen LogP contribution in [0.15, 0.2) is 97.1 Å². The fourth-order valence-corrected chi connectivity index (χ4v) is 5.44. The van der Waals surface area contributed by atoms with Gasteiger partial charge >= 0.3 is 5.97 Å². The standard InChI is InChI=1S/C33H33NO3/c1-36-32-22-30-27(19-28(32)21-33(35)37-2)17-18-34(23-24-11-5-3-6-12-24)31(30)20-26-15-9-10-16-29(26)25-13-7-4-8-14-25/h3-16,19,22,31H,17-18,20-21,23H2,1-2H3. The molecule has 4 aromatic carbocycles. The van der Waals surface area contributed by atoms with Crippen LogP contribution in [0.1, 0.15) is 33.9 Å². The topological polar surface area (TPSA) is 38.8 Å². The van der Waals surface area contributed by atoms with Crippen molar-refractivity contribution in [2.75, 3.05) is 20.8 Å². The highest BCUT2D eigenvalue weighted by molar-refractivity contribution is 5.74. The number of carbonyl (C=O) groups is 1. The van der Waals surface area contributed by atoms with E-state index < -0.39 is 0 Å². The molecule has 37 heavy (non-hydrogen) atoms. The Hall–Kier alpha value is -3.89. The molecule has 0 aromatic heterocycles. The van der Waals surface area contributed by atoms with E-state index in [1.54, 1.807) is 7.11 Å². The molecule has 0 bridgehead atoms. The summed E-state index contributed by atoms with van der Waals surface area (Å²) in [6.07, 6.45) is 2.02. The van der Waals surface area contributed by atoms with Gasteiger partial charge in [0.15, 0.2) is 0 Å². The molecule has 1 heterocycles. The fraction of sp³-hybridized carbons (Fsp3) is 0.242. The molecular weight excluding hydrogens is 458 g/mol. The number of benzene rings is 4. The number of nitrogens with zero attached hydrogens (tertiary/aromatic N) is 1. The van der Waals surface area contributed by atoms with Crippen LogP contribution < -0.4 is 4.74 Å². The number of carbonyl (C=O) groups excluding carboxylic acids is 1. The molecule has 1 atom stereocenters. The van der Waals surface area contributed by atoms with Gasteiger partial charge in [-0.3, -0.25) is 9.69 Å². The highest BCUT2D eigenvalue weighted by Gasteiger charge is 2.30. The van der Waals surface area contributed by atoms with Crippen LogP contribution in [-0.2, 0) is 35.3 Å². The summed E-state index contributed by atoms with van der Waals surface area (Å²) in [6, 6.07) is 34.5. The first-order valence-electron chi connectivity index (χ1n) is 12.8. The summed E-state index contributed by atoms with van der Waals surface area (Å²) in [5.41, 5.74) is 8.57. The predicted molar refractivity (Wildman–Crippen MR) is 148 cm³/mol. The number of esters is 1. The second-order valence-electron chi connectivity index (χ2n) is 9.56. The SMILES string of the molecule is COC(=O)Cc1cc2c(cc1OC)C(Cc1ccccc1-c1ccccc1)N(Cc1ccccc1)CC2. The van der Waals surface area contributed by atoms with E-state index in [1.165, 1.54) is 40.5 Å². The minimum atomic E-state index is -0.256. The number of ether oxygens (including phenoxy) is 2. The molecule has 0 radical (unpaired) electrons. The first kappa shape index (κ1) is 24.8. The molecule has 4 aromatic rings. The Balaban J connectivity index is 1.56. The second kappa shape index (κ2) is 11.4. The predicted octanol–water partition coefficient (Wildman–Crippen LogP) is 6.42. The van der Waals surface area contributed by atoms with Crippen LogP contribution in [0.5, 0.6) is 5.75 Å². The summed E-state index contributed by atoms with van der Waals surface area (Å²) >= 11 is 0. The van der Waals surface area contributed by atoms with Crippen LogP contribution in [0.4, 0.5) is 0 Å². The maximum absolute atomic E-state index is 12.1. The first-order valence-corrected chi connectivity index (χ1v) is 12.8. The summed E-state index contributed by atoms with van der Waals surface area (Å²) in [6.45, 7) is 1.83. The van der Waals surface area contributed by atoms with Gasteiger partial charge in [-0.2, -0.15) is 0 Å². The quantitative estimate of drug-likeness (QED) is 0.267. The van der Waals surface area contributed by atoms with Gasteiger partial charge < -0.3 is 9.47 Å². The molecule has 0 N–H and O–H groups in total. The van der Waals surface area contributed by atoms with Crippen molar-refractivity contribution in [3.63, 3.8) is 0 Å². The number of fused-ring (bicyclic) bond motifs is 1. The lowest BCUT2D eigenvalue weighted by Crippen LogP contribution is -2.36. The van der Waals surface area contributed by atoms with Crippen LogP contribution in [0, 0.1) is 0 Å². The van der Waals surface area contributed by atoms with Crippen molar-refractivity contribution < 1.29 is 14.3 Å². The van der Waals surface area contributed by atoms with E-state index in [4.69, 9.17) is 9.47 Å². The van der Waals surface area contributed by atoms with Crippen LogP contribution in [0.3, 0.4) is 0 Å². The number of hydrogen-bond acceptors (Lipinski definition) is 4. The van der Waals surface area contributed by atoms with Gasteiger partial charge in [-0.1, -0.05) is 91.0 Å². The van der Waals surface area contributed by atoms with Crippen molar-refractivity contribution in [3.8, 4) is 16.9 Å². The largest absolute Gasteiger partial charge is 0.496 e. The average Bonchev–Trinajstić information content (AvgIpc) is 2.95. The molecule has 0 aliphatic carbocycles. The Morgan fingerprint density at radius 2 is 1.57 bits per heavy atom. The number of methoxy groups -OCH3 is 2. The van der Waals surface area contributed by atoms with Crippen molar-refractivity contribution in [2.24, 2.45) is 0 Å². The number of rotatable bonds is 8. The van der Waals surface area contributed by atoms with E-state index in [1.807, 2.05) is 0 Å². The fourth-order valence-electron chi connectivity index (χ4n) is 5.44. The van der Waals surface area contributed by atoms with Crippen LogP contribution in [0.2, 0.25) is 0 Å². The third-order valence-electron chi connectivity index (χ3n) is 7.32. The van der Waals surface area contributed by atoms with Gasteiger partial charge in [0.2, 0.25) is 0 Å². The lowest BCUT2D eigenvalue weighted by molar-refractivity contribution is -0.139. The zero-order valence-corrected chi connectivity index (χ0v) is 21.5.